The van der Waals surface area contributed by atoms with Crippen LogP contribution in [0.15, 0.2) is 24.3 Å². The summed E-state index contributed by atoms with van der Waals surface area (Å²) >= 11 is 0. The molecular weight excluding hydrogens is 456 g/mol. The molecule has 36 heavy (non-hydrogen) atoms. The third kappa shape index (κ3) is 9.52. The fraction of sp³-hybridized carbons (Fsp3) is 0.643. The first kappa shape index (κ1) is 31.0. The van der Waals surface area contributed by atoms with E-state index in [-0.39, 0.29) is 24.4 Å². The molecule has 0 heterocycles. The van der Waals surface area contributed by atoms with Crippen molar-refractivity contribution >= 4 is 17.9 Å². The predicted octanol–water partition coefficient (Wildman–Crippen LogP) is 4.89. The quantitative estimate of drug-likeness (QED) is 0.397. The lowest BCUT2D eigenvalue weighted by Gasteiger charge is -2.35. The third-order valence-electron chi connectivity index (χ3n) is 6.05. The molecule has 0 bridgehead atoms. The van der Waals surface area contributed by atoms with Gasteiger partial charge in [0.1, 0.15) is 24.2 Å². The Morgan fingerprint density at radius 3 is 2.14 bits per heavy atom. The highest BCUT2D eigenvalue weighted by Crippen LogP contribution is 2.25. The Morgan fingerprint density at radius 1 is 1.06 bits per heavy atom. The summed E-state index contributed by atoms with van der Waals surface area (Å²) in [5.74, 6) is -1.11. The van der Waals surface area contributed by atoms with Crippen molar-refractivity contribution < 1.29 is 19.1 Å². The van der Waals surface area contributed by atoms with Crippen LogP contribution in [0.25, 0.3) is 0 Å². The average Bonchev–Trinajstić information content (AvgIpc) is 2.80. The Hall–Kier alpha value is -3.08. The molecule has 0 aliphatic rings. The topological polar surface area (TPSA) is 112 Å². The summed E-state index contributed by atoms with van der Waals surface area (Å²) < 4.78 is 5.39. The first-order valence-electron chi connectivity index (χ1n) is 12.9. The van der Waals surface area contributed by atoms with Crippen molar-refractivity contribution in [2.75, 3.05) is 6.54 Å². The van der Waals surface area contributed by atoms with Crippen LogP contribution < -0.4 is 10.6 Å². The van der Waals surface area contributed by atoms with Crippen LogP contribution in [0, 0.1) is 17.2 Å². The number of nitriles is 1. The predicted molar refractivity (Wildman–Crippen MR) is 141 cm³/mol. The third-order valence-corrected chi connectivity index (χ3v) is 6.05. The number of hydrogen-bond donors (Lipinski definition) is 2. The zero-order valence-electron chi connectivity index (χ0n) is 23.2. The summed E-state index contributed by atoms with van der Waals surface area (Å²) in [6.45, 7) is 14.7. The standard InChI is InChI=1S/C28H44N4O4/c1-9-12-20(5)30-25(33)24(22-15-13-21(11-3)14-16-22)32(18-17-29)26(34)23(19(4)10-2)31-27(35)36-28(6,7)8/h13-16,19-20,23-24H,9-12,18H2,1-8H3,(H,30,33)(H,31,35). The van der Waals surface area contributed by atoms with Gasteiger partial charge in [0.15, 0.2) is 0 Å². The number of benzene rings is 1. The van der Waals surface area contributed by atoms with Crippen LogP contribution in [0.2, 0.25) is 0 Å². The second-order valence-corrected chi connectivity index (χ2v) is 10.3. The number of amides is 3. The fourth-order valence-corrected chi connectivity index (χ4v) is 3.90. The summed E-state index contributed by atoms with van der Waals surface area (Å²) in [5, 5.41) is 15.3. The van der Waals surface area contributed by atoms with Crippen LogP contribution in [0.1, 0.15) is 91.8 Å². The Morgan fingerprint density at radius 2 is 1.67 bits per heavy atom. The number of nitrogens with one attached hydrogen (secondary N) is 2. The Kier molecular flexibility index (Phi) is 12.4. The van der Waals surface area contributed by atoms with Crippen molar-refractivity contribution in [3.05, 3.63) is 35.4 Å². The van der Waals surface area contributed by atoms with E-state index in [2.05, 4.69) is 10.6 Å². The van der Waals surface area contributed by atoms with E-state index in [9.17, 15) is 19.6 Å². The van der Waals surface area contributed by atoms with Crippen LogP contribution in [0.3, 0.4) is 0 Å². The number of rotatable bonds is 12. The molecule has 0 aliphatic heterocycles. The summed E-state index contributed by atoms with van der Waals surface area (Å²) in [7, 11) is 0. The zero-order chi connectivity index (χ0) is 27.5. The second kappa shape index (κ2) is 14.5. The number of ether oxygens (including phenoxy) is 1. The maximum Gasteiger partial charge on any atom is 0.408 e. The number of aryl methyl sites for hydroxylation is 1. The van der Waals surface area contributed by atoms with Gasteiger partial charge in [0.2, 0.25) is 11.8 Å². The largest absolute Gasteiger partial charge is 0.444 e. The van der Waals surface area contributed by atoms with Gasteiger partial charge in [-0.15, -0.1) is 0 Å². The summed E-state index contributed by atoms with van der Waals surface area (Å²) in [4.78, 5) is 41.3. The van der Waals surface area contributed by atoms with Crippen molar-refractivity contribution in [3.63, 3.8) is 0 Å². The van der Waals surface area contributed by atoms with Gasteiger partial charge in [0.25, 0.3) is 0 Å². The van der Waals surface area contributed by atoms with Gasteiger partial charge in [0.05, 0.1) is 6.07 Å². The number of carbonyl (C=O) groups excluding carboxylic acids is 3. The number of nitrogens with zero attached hydrogens (tertiary/aromatic N) is 2. The van der Waals surface area contributed by atoms with Gasteiger partial charge in [-0.05, 0) is 57.6 Å². The minimum Gasteiger partial charge on any atom is -0.444 e. The Bertz CT molecular complexity index is 902. The molecule has 1 aromatic carbocycles. The molecule has 0 fully saturated rings. The van der Waals surface area contributed by atoms with Crippen molar-refractivity contribution in [1.29, 1.82) is 5.26 Å². The van der Waals surface area contributed by atoms with Gasteiger partial charge in [-0.1, -0.05) is 64.8 Å². The van der Waals surface area contributed by atoms with E-state index in [4.69, 9.17) is 4.74 Å². The fourth-order valence-electron chi connectivity index (χ4n) is 3.90. The molecule has 0 spiro atoms. The lowest BCUT2D eigenvalue weighted by atomic mass is 9.95. The molecule has 200 valence electrons. The number of hydrogen-bond acceptors (Lipinski definition) is 5. The van der Waals surface area contributed by atoms with Crippen LogP contribution in [0.4, 0.5) is 4.79 Å². The molecule has 3 amide bonds. The lowest BCUT2D eigenvalue weighted by molar-refractivity contribution is -0.143. The summed E-state index contributed by atoms with van der Waals surface area (Å²) in [5.41, 5.74) is 0.967. The van der Waals surface area contributed by atoms with Crippen molar-refractivity contribution in [3.8, 4) is 6.07 Å². The minimum atomic E-state index is -1.02. The average molecular weight is 501 g/mol. The molecular formula is C28H44N4O4. The van der Waals surface area contributed by atoms with E-state index in [0.29, 0.717) is 12.0 Å². The van der Waals surface area contributed by atoms with E-state index in [1.54, 1.807) is 20.8 Å². The highest BCUT2D eigenvalue weighted by atomic mass is 16.6. The molecule has 0 saturated carbocycles. The Labute approximate surface area is 216 Å². The molecule has 4 atom stereocenters. The minimum absolute atomic E-state index is 0.0933. The van der Waals surface area contributed by atoms with E-state index in [1.165, 1.54) is 4.90 Å². The van der Waals surface area contributed by atoms with Crippen LogP contribution in [-0.2, 0) is 20.7 Å². The van der Waals surface area contributed by atoms with E-state index >= 15 is 0 Å². The molecule has 0 aliphatic carbocycles. The van der Waals surface area contributed by atoms with Gasteiger partial charge in [-0.3, -0.25) is 9.59 Å². The molecule has 0 radical (unpaired) electrons. The molecule has 1 aromatic rings. The molecule has 4 unspecified atom stereocenters. The number of carbonyl (C=O) groups is 3. The van der Waals surface area contributed by atoms with Crippen molar-refractivity contribution in [2.45, 2.75) is 105 Å². The second-order valence-electron chi connectivity index (χ2n) is 10.3. The monoisotopic (exact) mass is 500 g/mol. The van der Waals surface area contributed by atoms with E-state index in [0.717, 1.165) is 24.8 Å². The van der Waals surface area contributed by atoms with E-state index in [1.807, 2.05) is 65.0 Å². The highest BCUT2D eigenvalue weighted by molar-refractivity contribution is 5.92. The normalized spacial score (nSPS) is 14.5. The van der Waals surface area contributed by atoms with Crippen LogP contribution >= 0.6 is 0 Å². The molecule has 2 N–H and O–H groups in total. The van der Waals surface area contributed by atoms with Gasteiger partial charge < -0.3 is 20.3 Å². The first-order chi connectivity index (χ1) is 16.9. The molecule has 0 saturated heterocycles. The first-order valence-corrected chi connectivity index (χ1v) is 12.9. The molecule has 8 nitrogen and oxygen atoms in total. The van der Waals surface area contributed by atoms with Gasteiger partial charge >= 0.3 is 6.09 Å². The van der Waals surface area contributed by atoms with E-state index < -0.39 is 29.7 Å². The van der Waals surface area contributed by atoms with Gasteiger partial charge in [-0.25, -0.2) is 4.79 Å². The smallest absolute Gasteiger partial charge is 0.408 e. The number of alkyl carbamates (subject to hydrolysis) is 1. The van der Waals surface area contributed by atoms with Crippen LogP contribution in [-0.4, -0.2) is 47.0 Å². The molecule has 0 aromatic heterocycles. The van der Waals surface area contributed by atoms with Gasteiger partial charge in [-0.2, -0.15) is 5.26 Å². The summed E-state index contributed by atoms with van der Waals surface area (Å²) in [6.07, 6.45) is 2.40. The molecule has 8 heteroatoms. The highest BCUT2D eigenvalue weighted by Gasteiger charge is 2.38. The lowest BCUT2D eigenvalue weighted by Crippen LogP contribution is -2.55. The van der Waals surface area contributed by atoms with Crippen molar-refractivity contribution in [2.24, 2.45) is 5.92 Å². The maximum absolute atomic E-state index is 13.9. The Balaban J connectivity index is 3.48. The summed E-state index contributed by atoms with van der Waals surface area (Å²) in [6, 6.07) is 7.46. The van der Waals surface area contributed by atoms with Crippen molar-refractivity contribution in [1.82, 2.24) is 15.5 Å². The SMILES string of the molecule is CCCC(C)NC(=O)C(c1ccc(CC)cc1)N(CC#N)C(=O)C(NC(=O)OC(C)(C)C)C(C)CC. The van der Waals surface area contributed by atoms with Crippen LogP contribution in [0.5, 0.6) is 0 Å². The zero-order valence-corrected chi connectivity index (χ0v) is 23.2. The maximum atomic E-state index is 13.9. The van der Waals surface area contributed by atoms with Gasteiger partial charge in [0, 0.05) is 6.04 Å². The molecule has 1 rings (SSSR count).